The van der Waals surface area contributed by atoms with Crippen LogP contribution in [-0.4, -0.2) is 10.1 Å². The summed E-state index contributed by atoms with van der Waals surface area (Å²) >= 11 is 0. The first-order valence-corrected chi connectivity index (χ1v) is 12.0. The first kappa shape index (κ1) is 22.9. The Kier molecular flexibility index (Phi) is 5.22. The van der Waals surface area contributed by atoms with E-state index in [1.54, 1.807) is 0 Å². The Balaban J connectivity index is 1.71. The van der Waals surface area contributed by atoms with E-state index in [0.717, 1.165) is 72.3 Å². The van der Waals surface area contributed by atoms with E-state index in [0.29, 0.717) is 17.9 Å². The molecule has 2 atom stereocenters. The molecule has 2 heterocycles. The van der Waals surface area contributed by atoms with Crippen molar-refractivity contribution in [3.05, 3.63) is 63.5 Å². The van der Waals surface area contributed by atoms with Crippen molar-refractivity contribution < 1.29 is 23.0 Å². The number of aliphatic hydroxyl groups is 1. The summed E-state index contributed by atoms with van der Waals surface area (Å²) in [5.41, 5.74) is 4.24. The predicted molar refractivity (Wildman–Crippen MR) is 120 cm³/mol. The molecule has 2 aliphatic carbocycles. The fourth-order valence-corrected chi connectivity index (χ4v) is 6.21. The second-order valence-electron chi connectivity index (χ2n) is 11.3. The Labute approximate surface area is 193 Å². The van der Waals surface area contributed by atoms with Crippen LogP contribution in [0.1, 0.15) is 117 Å². The lowest BCUT2D eigenvalue weighted by Gasteiger charge is -2.37. The van der Waals surface area contributed by atoms with Gasteiger partial charge in [-0.1, -0.05) is 38.8 Å². The maximum atomic E-state index is 13.2. The summed E-state index contributed by atoms with van der Waals surface area (Å²) in [6, 6.07) is 5.30. The number of nitrogens with zero attached hydrogens (tertiary/aromatic N) is 1. The third-order valence-electron chi connectivity index (χ3n) is 7.67. The number of pyridine rings is 1. The van der Waals surface area contributed by atoms with E-state index in [1.807, 2.05) is 13.8 Å². The highest BCUT2D eigenvalue weighted by Gasteiger charge is 2.47. The molecule has 1 N–H and O–H groups in total. The normalized spacial score (nSPS) is 26.3. The number of aromatic nitrogens is 1. The lowest BCUT2D eigenvalue weighted by atomic mass is 9.70. The molecule has 1 aliphatic heterocycles. The zero-order valence-corrected chi connectivity index (χ0v) is 19.7. The second-order valence-corrected chi connectivity index (χ2v) is 11.3. The van der Waals surface area contributed by atoms with Crippen molar-refractivity contribution >= 4 is 0 Å². The van der Waals surface area contributed by atoms with Crippen LogP contribution in [0.15, 0.2) is 24.3 Å². The van der Waals surface area contributed by atoms with Crippen LogP contribution < -0.4 is 0 Å². The molecule has 3 nitrogen and oxygen atoms in total. The first-order chi connectivity index (χ1) is 15.4. The van der Waals surface area contributed by atoms with Crippen LogP contribution in [0, 0.1) is 5.41 Å². The van der Waals surface area contributed by atoms with Crippen LogP contribution in [0.4, 0.5) is 13.2 Å². The van der Waals surface area contributed by atoms with E-state index in [-0.39, 0.29) is 5.41 Å². The van der Waals surface area contributed by atoms with Crippen LogP contribution in [0.2, 0.25) is 0 Å². The van der Waals surface area contributed by atoms with Gasteiger partial charge >= 0.3 is 6.18 Å². The molecule has 6 heteroatoms. The predicted octanol–water partition coefficient (Wildman–Crippen LogP) is 7.12. The lowest BCUT2D eigenvalue weighted by Crippen LogP contribution is -2.30. The largest absolute Gasteiger partial charge is 0.416 e. The third-order valence-corrected chi connectivity index (χ3v) is 7.67. The molecule has 2 aromatic rings. The fraction of sp³-hybridized carbons (Fsp3) is 0.593. The highest BCUT2D eigenvalue weighted by Crippen LogP contribution is 2.55. The second kappa shape index (κ2) is 7.54. The van der Waals surface area contributed by atoms with Crippen molar-refractivity contribution in [2.75, 3.05) is 0 Å². The number of ether oxygens (including phenoxy) is 1. The van der Waals surface area contributed by atoms with Gasteiger partial charge in [0.1, 0.15) is 11.7 Å². The smallest absolute Gasteiger partial charge is 0.388 e. The van der Waals surface area contributed by atoms with Gasteiger partial charge in [0.25, 0.3) is 0 Å². The van der Waals surface area contributed by atoms with Gasteiger partial charge in [-0.25, -0.2) is 0 Å². The summed E-state index contributed by atoms with van der Waals surface area (Å²) in [5.74, 6) is 0.320. The highest BCUT2D eigenvalue weighted by molar-refractivity contribution is 5.53. The SMILES string of the molecule is CC1(C)Cc2nc3c(c(C4CCCC4)c2[C@@H](O)C1)C(c1ccc(C(F)(F)F)cc1)OC3(C)C. The maximum Gasteiger partial charge on any atom is 0.416 e. The molecule has 0 bridgehead atoms. The van der Waals surface area contributed by atoms with Gasteiger partial charge in [-0.15, -0.1) is 0 Å². The first-order valence-electron chi connectivity index (χ1n) is 12.0. The van der Waals surface area contributed by atoms with E-state index in [9.17, 15) is 18.3 Å². The van der Waals surface area contributed by atoms with E-state index < -0.39 is 29.5 Å². The molecule has 0 saturated heterocycles. The minimum atomic E-state index is -4.38. The lowest BCUT2D eigenvalue weighted by molar-refractivity contribution is -0.137. The summed E-state index contributed by atoms with van der Waals surface area (Å²) in [7, 11) is 0. The molecule has 0 radical (unpaired) electrons. The maximum absolute atomic E-state index is 13.2. The summed E-state index contributed by atoms with van der Waals surface area (Å²) in [5, 5.41) is 11.3. The van der Waals surface area contributed by atoms with Crippen molar-refractivity contribution in [2.24, 2.45) is 5.41 Å². The topological polar surface area (TPSA) is 42.4 Å². The summed E-state index contributed by atoms with van der Waals surface area (Å²) in [4.78, 5) is 5.09. The van der Waals surface area contributed by atoms with E-state index >= 15 is 0 Å². The number of rotatable bonds is 2. The number of fused-ring (bicyclic) bond motifs is 2. The Morgan fingerprint density at radius 3 is 2.21 bits per heavy atom. The number of hydrogen-bond donors (Lipinski definition) is 1. The number of benzene rings is 1. The minimum absolute atomic E-state index is 0.0446. The van der Waals surface area contributed by atoms with Gasteiger partial charge in [-0.2, -0.15) is 13.2 Å². The molecule has 1 unspecified atom stereocenters. The van der Waals surface area contributed by atoms with Crippen LogP contribution in [0.25, 0.3) is 0 Å². The minimum Gasteiger partial charge on any atom is -0.388 e. The van der Waals surface area contributed by atoms with Gasteiger partial charge < -0.3 is 9.84 Å². The third kappa shape index (κ3) is 3.89. The average Bonchev–Trinajstić information content (AvgIpc) is 3.32. The van der Waals surface area contributed by atoms with Crippen molar-refractivity contribution in [3.63, 3.8) is 0 Å². The van der Waals surface area contributed by atoms with Gasteiger partial charge in [-0.05, 0) is 74.1 Å². The molecule has 1 aromatic heterocycles. The zero-order valence-electron chi connectivity index (χ0n) is 19.7. The number of halogens is 3. The van der Waals surface area contributed by atoms with Crippen LogP contribution >= 0.6 is 0 Å². The number of hydrogen-bond acceptors (Lipinski definition) is 3. The molecular weight excluding hydrogens is 427 g/mol. The van der Waals surface area contributed by atoms with Crippen molar-refractivity contribution in [1.29, 1.82) is 0 Å². The summed E-state index contributed by atoms with van der Waals surface area (Å²) < 4.78 is 46.0. The Morgan fingerprint density at radius 1 is 0.970 bits per heavy atom. The van der Waals surface area contributed by atoms with Crippen LogP contribution in [-0.2, 0) is 22.9 Å². The Bertz CT molecular complexity index is 1070. The van der Waals surface area contributed by atoms with Crippen molar-refractivity contribution in [2.45, 2.75) is 96.1 Å². The highest BCUT2D eigenvalue weighted by atomic mass is 19.4. The van der Waals surface area contributed by atoms with E-state index in [1.165, 1.54) is 12.1 Å². The Hall–Kier alpha value is -1.92. The standard InChI is InChI=1S/C27H32F3NO2/c1-25(2)13-18-21(19(32)14-25)20(15-7-5-6-8-15)22-23(33-26(3,4)24(22)31-18)16-9-11-17(12-10-16)27(28,29)30/h9-12,15,19,23,32H,5-8,13-14H2,1-4H3/t19-,23?/m0/s1. The molecule has 3 aliphatic rings. The van der Waals surface area contributed by atoms with Gasteiger partial charge in [0, 0.05) is 16.8 Å². The zero-order chi connectivity index (χ0) is 23.8. The number of aliphatic hydroxyl groups excluding tert-OH is 1. The fourth-order valence-electron chi connectivity index (χ4n) is 6.21. The van der Waals surface area contributed by atoms with Crippen molar-refractivity contribution in [1.82, 2.24) is 4.98 Å². The van der Waals surface area contributed by atoms with Crippen molar-refractivity contribution in [3.8, 4) is 0 Å². The van der Waals surface area contributed by atoms with Gasteiger partial charge in [-0.3, -0.25) is 4.98 Å². The molecule has 33 heavy (non-hydrogen) atoms. The van der Waals surface area contributed by atoms with Gasteiger partial charge in [0.2, 0.25) is 0 Å². The average molecular weight is 460 g/mol. The van der Waals surface area contributed by atoms with Crippen LogP contribution in [0.5, 0.6) is 0 Å². The quantitative estimate of drug-likeness (QED) is 0.520. The molecular formula is C27H32F3NO2. The van der Waals surface area contributed by atoms with E-state index in [4.69, 9.17) is 9.72 Å². The molecule has 0 spiro atoms. The summed E-state index contributed by atoms with van der Waals surface area (Å²) in [6.07, 6.45) is 0.419. The molecule has 1 fully saturated rings. The monoisotopic (exact) mass is 459 g/mol. The summed E-state index contributed by atoms with van der Waals surface area (Å²) in [6.45, 7) is 8.29. The molecule has 1 saturated carbocycles. The molecule has 5 rings (SSSR count). The molecule has 0 amide bonds. The molecule has 1 aromatic carbocycles. The van der Waals surface area contributed by atoms with Gasteiger partial charge in [0.05, 0.1) is 17.4 Å². The van der Waals surface area contributed by atoms with Crippen LogP contribution in [0.3, 0.4) is 0 Å². The molecule has 178 valence electrons. The van der Waals surface area contributed by atoms with E-state index in [2.05, 4.69) is 13.8 Å². The Morgan fingerprint density at radius 2 is 1.61 bits per heavy atom. The number of alkyl halides is 3. The van der Waals surface area contributed by atoms with Gasteiger partial charge in [0.15, 0.2) is 0 Å².